The minimum atomic E-state index is -0.365. The summed E-state index contributed by atoms with van der Waals surface area (Å²) in [7, 11) is 1.54. The Bertz CT molecular complexity index is 597. The first kappa shape index (κ1) is 14.7. The third kappa shape index (κ3) is 3.65. The van der Waals surface area contributed by atoms with E-state index in [9.17, 15) is 9.18 Å². The maximum atomic E-state index is 13.2. The largest absolute Gasteiger partial charge is 0.375 e. The lowest BCUT2D eigenvalue weighted by molar-refractivity contribution is 0.0830. The number of carbonyl (C=O) groups is 1. The van der Waals surface area contributed by atoms with E-state index in [2.05, 4.69) is 5.32 Å². The van der Waals surface area contributed by atoms with Gasteiger partial charge in [-0.1, -0.05) is 12.1 Å². The maximum Gasteiger partial charge on any atom is 0.261 e. The summed E-state index contributed by atoms with van der Waals surface area (Å²) in [6, 6.07) is 8.03. The van der Waals surface area contributed by atoms with Crippen LogP contribution >= 0.6 is 11.3 Å². The number of hydrogen-bond acceptors (Lipinski definition) is 3. The summed E-state index contributed by atoms with van der Waals surface area (Å²) in [6.07, 6.45) is -0.365. The Hall–Kier alpha value is -1.72. The highest BCUT2D eigenvalue weighted by Gasteiger charge is 2.14. The summed E-state index contributed by atoms with van der Waals surface area (Å²) < 4.78 is 18.5. The molecule has 106 valence electrons. The van der Waals surface area contributed by atoms with Crippen LogP contribution in [-0.2, 0) is 4.74 Å². The first-order chi connectivity index (χ1) is 9.60. The lowest BCUT2D eigenvalue weighted by Gasteiger charge is -2.16. The van der Waals surface area contributed by atoms with Gasteiger partial charge in [0.05, 0.1) is 11.0 Å². The summed E-state index contributed by atoms with van der Waals surface area (Å²) in [5.74, 6) is -0.452. The Morgan fingerprint density at radius 2 is 2.25 bits per heavy atom. The molecule has 0 aliphatic rings. The number of ether oxygens (including phenoxy) is 1. The van der Waals surface area contributed by atoms with E-state index in [1.165, 1.54) is 30.6 Å². The summed E-state index contributed by atoms with van der Waals surface area (Å²) in [5.41, 5.74) is 1.77. The van der Waals surface area contributed by atoms with Gasteiger partial charge in [-0.3, -0.25) is 4.79 Å². The average molecular weight is 293 g/mol. The van der Waals surface area contributed by atoms with Gasteiger partial charge in [0.2, 0.25) is 0 Å². The molecule has 1 atom stereocenters. The molecule has 0 unspecified atom stereocenters. The number of aryl methyl sites for hydroxylation is 1. The Kier molecular flexibility index (Phi) is 4.87. The van der Waals surface area contributed by atoms with Crippen molar-refractivity contribution in [3.63, 3.8) is 0 Å². The number of hydrogen-bond donors (Lipinski definition) is 1. The van der Waals surface area contributed by atoms with Crippen LogP contribution in [0.1, 0.15) is 26.9 Å². The van der Waals surface area contributed by atoms with Crippen LogP contribution in [0.4, 0.5) is 4.39 Å². The van der Waals surface area contributed by atoms with Crippen LogP contribution in [0.2, 0.25) is 0 Å². The molecule has 1 aromatic carbocycles. The van der Waals surface area contributed by atoms with E-state index >= 15 is 0 Å². The van der Waals surface area contributed by atoms with Gasteiger partial charge in [0.1, 0.15) is 5.82 Å². The van der Waals surface area contributed by atoms with Crippen molar-refractivity contribution >= 4 is 17.2 Å². The van der Waals surface area contributed by atoms with E-state index in [0.29, 0.717) is 17.0 Å². The number of benzene rings is 1. The van der Waals surface area contributed by atoms with Gasteiger partial charge in [-0.05, 0) is 41.6 Å². The number of methoxy groups -OCH3 is 1. The number of halogens is 1. The minimum Gasteiger partial charge on any atom is -0.375 e. The van der Waals surface area contributed by atoms with Gasteiger partial charge in [0.15, 0.2) is 0 Å². The number of nitrogens with one attached hydrogen (secondary N) is 1. The first-order valence-electron chi connectivity index (χ1n) is 6.21. The Morgan fingerprint density at radius 3 is 2.85 bits per heavy atom. The smallest absolute Gasteiger partial charge is 0.261 e. The van der Waals surface area contributed by atoms with Crippen molar-refractivity contribution in [1.82, 2.24) is 5.32 Å². The highest BCUT2D eigenvalue weighted by atomic mass is 32.1. The fourth-order valence-electron chi connectivity index (χ4n) is 1.87. The SMILES string of the molecule is CO[C@H](CNC(=O)c1cc(C)cs1)c1cccc(F)c1. The molecule has 0 bridgehead atoms. The van der Waals surface area contributed by atoms with E-state index < -0.39 is 0 Å². The molecule has 0 radical (unpaired) electrons. The summed E-state index contributed by atoms with van der Waals surface area (Å²) >= 11 is 1.40. The van der Waals surface area contributed by atoms with Gasteiger partial charge in [0.25, 0.3) is 5.91 Å². The number of thiophene rings is 1. The van der Waals surface area contributed by atoms with E-state index in [1.807, 2.05) is 18.4 Å². The molecule has 0 aliphatic carbocycles. The molecule has 1 aromatic heterocycles. The number of carbonyl (C=O) groups excluding carboxylic acids is 1. The van der Waals surface area contributed by atoms with Crippen molar-refractivity contribution in [2.45, 2.75) is 13.0 Å². The highest BCUT2D eigenvalue weighted by molar-refractivity contribution is 7.12. The quantitative estimate of drug-likeness (QED) is 0.918. The van der Waals surface area contributed by atoms with E-state index in [0.717, 1.165) is 5.56 Å². The molecule has 2 rings (SSSR count). The average Bonchev–Trinajstić information content (AvgIpc) is 2.86. The molecule has 1 N–H and O–H groups in total. The maximum absolute atomic E-state index is 13.2. The molecular formula is C15H16FNO2S. The highest BCUT2D eigenvalue weighted by Crippen LogP contribution is 2.18. The van der Waals surface area contributed by atoms with Gasteiger partial charge in [-0.25, -0.2) is 4.39 Å². The van der Waals surface area contributed by atoms with Crippen molar-refractivity contribution in [2.24, 2.45) is 0 Å². The predicted molar refractivity (Wildman–Crippen MR) is 77.5 cm³/mol. The third-order valence-electron chi connectivity index (χ3n) is 2.91. The normalized spacial score (nSPS) is 12.2. The molecule has 0 saturated heterocycles. The predicted octanol–water partition coefficient (Wildman–Crippen LogP) is 3.31. The fourth-order valence-corrected chi connectivity index (χ4v) is 2.68. The first-order valence-corrected chi connectivity index (χ1v) is 7.09. The molecule has 20 heavy (non-hydrogen) atoms. The second-order valence-corrected chi connectivity index (χ2v) is 5.39. The summed E-state index contributed by atoms with van der Waals surface area (Å²) in [4.78, 5) is 12.6. The summed E-state index contributed by atoms with van der Waals surface area (Å²) in [6.45, 7) is 2.24. The van der Waals surface area contributed by atoms with Crippen LogP contribution in [0, 0.1) is 12.7 Å². The molecule has 5 heteroatoms. The fraction of sp³-hybridized carbons (Fsp3) is 0.267. The third-order valence-corrected chi connectivity index (χ3v) is 3.95. The van der Waals surface area contributed by atoms with Crippen molar-refractivity contribution in [3.8, 4) is 0 Å². The molecule has 2 aromatic rings. The summed E-state index contributed by atoms with van der Waals surface area (Å²) in [5, 5.41) is 4.73. The van der Waals surface area contributed by atoms with Gasteiger partial charge >= 0.3 is 0 Å². The van der Waals surface area contributed by atoms with Crippen LogP contribution in [0.5, 0.6) is 0 Å². The zero-order valence-corrected chi connectivity index (χ0v) is 12.2. The molecular weight excluding hydrogens is 277 g/mol. The molecule has 0 spiro atoms. The lowest BCUT2D eigenvalue weighted by Crippen LogP contribution is -2.28. The van der Waals surface area contributed by atoms with Crippen LogP contribution in [0.25, 0.3) is 0 Å². The van der Waals surface area contributed by atoms with Crippen molar-refractivity contribution in [3.05, 3.63) is 57.5 Å². The zero-order valence-electron chi connectivity index (χ0n) is 11.4. The monoisotopic (exact) mass is 293 g/mol. The van der Waals surface area contributed by atoms with Crippen molar-refractivity contribution < 1.29 is 13.9 Å². The Morgan fingerprint density at radius 1 is 1.45 bits per heavy atom. The van der Waals surface area contributed by atoms with Crippen LogP contribution in [0.3, 0.4) is 0 Å². The second-order valence-electron chi connectivity index (χ2n) is 4.48. The van der Waals surface area contributed by atoms with Crippen LogP contribution < -0.4 is 5.32 Å². The molecule has 1 amide bonds. The Balaban J connectivity index is 1.99. The van der Waals surface area contributed by atoms with E-state index in [-0.39, 0.29) is 17.8 Å². The lowest BCUT2D eigenvalue weighted by atomic mass is 10.1. The molecule has 0 saturated carbocycles. The van der Waals surface area contributed by atoms with Gasteiger partial charge in [-0.15, -0.1) is 11.3 Å². The molecule has 1 heterocycles. The topological polar surface area (TPSA) is 38.3 Å². The second kappa shape index (κ2) is 6.63. The van der Waals surface area contributed by atoms with Gasteiger partial charge < -0.3 is 10.1 Å². The van der Waals surface area contributed by atoms with E-state index in [4.69, 9.17) is 4.74 Å². The molecule has 0 fully saturated rings. The minimum absolute atomic E-state index is 0.137. The van der Waals surface area contributed by atoms with Crippen LogP contribution in [0.15, 0.2) is 35.7 Å². The number of amides is 1. The molecule has 3 nitrogen and oxygen atoms in total. The van der Waals surface area contributed by atoms with Gasteiger partial charge in [0, 0.05) is 13.7 Å². The molecule has 0 aliphatic heterocycles. The van der Waals surface area contributed by atoms with Gasteiger partial charge in [-0.2, -0.15) is 0 Å². The van der Waals surface area contributed by atoms with E-state index in [1.54, 1.807) is 12.1 Å². The Labute approximate surface area is 121 Å². The standard InChI is InChI=1S/C15H16FNO2S/c1-10-6-14(20-9-10)15(18)17-8-13(19-2)11-4-3-5-12(16)7-11/h3-7,9,13H,8H2,1-2H3,(H,17,18)/t13-/m1/s1. The number of rotatable bonds is 5. The van der Waals surface area contributed by atoms with Crippen molar-refractivity contribution in [2.75, 3.05) is 13.7 Å². The van der Waals surface area contributed by atoms with Crippen LogP contribution in [-0.4, -0.2) is 19.6 Å². The zero-order chi connectivity index (χ0) is 14.5. The van der Waals surface area contributed by atoms with Crippen molar-refractivity contribution in [1.29, 1.82) is 0 Å².